The van der Waals surface area contributed by atoms with Crippen molar-refractivity contribution in [3.8, 4) is 0 Å². The molecule has 6 heteroatoms. The SMILES string of the molecule is Fc1cc(Cl)c(C(Cl)Cc2c(F)cccc2F)cc1F. The van der Waals surface area contributed by atoms with E-state index in [1.165, 1.54) is 6.07 Å². The predicted octanol–water partition coefficient (Wildman–Crippen LogP) is 5.42. The van der Waals surface area contributed by atoms with Gasteiger partial charge in [0.05, 0.1) is 5.38 Å². The fourth-order valence-corrected chi connectivity index (χ4v) is 2.47. The van der Waals surface area contributed by atoms with Crippen LogP contribution in [0.5, 0.6) is 0 Å². The molecule has 0 heterocycles. The van der Waals surface area contributed by atoms with Gasteiger partial charge in [-0.15, -0.1) is 11.6 Å². The number of hydrogen-bond acceptors (Lipinski definition) is 0. The minimum Gasteiger partial charge on any atom is -0.207 e. The van der Waals surface area contributed by atoms with Crippen LogP contribution >= 0.6 is 23.2 Å². The van der Waals surface area contributed by atoms with Gasteiger partial charge in [0.1, 0.15) is 11.6 Å². The molecule has 0 aliphatic carbocycles. The van der Waals surface area contributed by atoms with Gasteiger partial charge in [-0.2, -0.15) is 0 Å². The maximum absolute atomic E-state index is 13.5. The third-order valence-corrected chi connectivity index (χ3v) is 3.54. The predicted molar refractivity (Wildman–Crippen MR) is 70.0 cm³/mol. The molecule has 0 saturated carbocycles. The van der Waals surface area contributed by atoms with Crippen LogP contribution in [0.25, 0.3) is 0 Å². The molecule has 0 fully saturated rings. The summed E-state index contributed by atoms with van der Waals surface area (Å²) in [7, 11) is 0. The van der Waals surface area contributed by atoms with Crippen molar-refractivity contribution < 1.29 is 17.6 Å². The zero-order valence-corrected chi connectivity index (χ0v) is 11.5. The molecule has 2 rings (SSSR count). The van der Waals surface area contributed by atoms with Crippen LogP contribution in [0.3, 0.4) is 0 Å². The normalized spacial score (nSPS) is 12.5. The number of alkyl halides is 1. The van der Waals surface area contributed by atoms with E-state index in [1.807, 2.05) is 0 Å². The van der Waals surface area contributed by atoms with E-state index >= 15 is 0 Å². The van der Waals surface area contributed by atoms with Crippen molar-refractivity contribution in [1.82, 2.24) is 0 Å². The van der Waals surface area contributed by atoms with Crippen LogP contribution in [-0.4, -0.2) is 0 Å². The molecule has 0 spiro atoms. The van der Waals surface area contributed by atoms with Gasteiger partial charge in [0.25, 0.3) is 0 Å². The first-order chi connectivity index (χ1) is 9.40. The lowest BCUT2D eigenvalue weighted by Crippen LogP contribution is -2.03. The quantitative estimate of drug-likeness (QED) is 0.402. The molecular formula is C14H8Cl2F4. The second-order valence-corrected chi connectivity index (χ2v) is 5.09. The monoisotopic (exact) mass is 322 g/mol. The van der Waals surface area contributed by atoms with Gasteiger partial charge in [-0.05, 0) is 36.2 Å². The lowest BCUT2D eigenvalue weighted by Gasteiger charge is -2.13. The third kappa shape index (κ3) is 3.07. The van der Waals surface area contributed by atoms with Gasteiger partial charge in [0.15, 0.2) is 11.6 Å². The summed E-state index contributed by atoms with van der Waals surface area (Å²) in [5.74, 6) is -3.74. The molecule has 0 aliphatic heterocycles. The first-order valence-electron chi connectivity index (χ1n) is 5.61. The van der Waals surface area contributed by atoms with Crippen molar-refractivity contribution in [2.24, 2.45) is 0 Å². The summed E-state index contributed by atoms with van der Waals surface area (Å²) >= 11 is 11.8. The van der Waals surface area contributed by atoms with Crippen LogP contribution in [0.15, 0.2) is 30.3 Å². The summed E-state index contributed by atoms with van der Waals surface area (Å²) in [6.07, 6.45) is -0.231. The highest BCUT2D eigenvalue weighted by Gasteiger charge is 2.19. The van der Waals surface area contributed by atoms with E-state index in [4.69, 9.17) is 23.2 Å². The molecule has 1 unspecified atom stereocenters. The Morgan fingerprint density at radius 3 is 2.05 bits per heavy atom. The topological polar surface area (TPSA) is 0 Å². The summed E-state index contributed by atoms with van der Waals surface area (Å²) in [6.45, 7) is 0. The van der Waals surface area contributed by atoms with Gasteiger partial charge in [0.2, 0.25) is 0 Å². The van der Waals surface area contributed by atoms with Crippen LogP contribution in [0, 0.1) is 23.3 Å². The molecule has 0 N–H and O–H groups in total. The van der Waals surface area contributed by atoms with Crippen LogP contribution in [0.2, 0.25) is 5.02 Å². The van der Waals surface area contributed by atoms with E-state index in [1.54, 1.807) is 0 Å². The van der Waals surface area contributed by atoms with E-state index in [-0.39, 0.29) is 22.6 Å². The Labute approximate surface area is 122 Å². The van der Waals surface area contributed by atoms with E-state index in [0.717, 1.165) is 24.3 Å². The minimum atomic E-state index is -1.12. The molecule has 0 nitrogen and oxygen atoms in total. The zero-order valence-electron chi connectivity index (χ0n) is 9.94. The fourth-order valence-electron chi connectivity index (χ4n) is 1.79. The van der Waals surface area contributed by atoms with E-state index in [9.17, 15) is 17.6 Å². The second kappa shape index (κ2) is 6.02. The molecule has 0 aromatic heterocycles. The first kappa shape index (κ1) is 15.1. The van der Waals surface area contributed by atoms with Gasteiger partial charge in [-0.1, -0.05) is 17.7 Å². The Hall–Kier alpha value is -1.26. The first-order valence-corrected chi connectivity index (χ1v) is 6.43. The molecule has 0 aliphatic rings. The van der Waals surface area contributed by atoms with Crippen LogP contribution in [-0.2, 0) is 6.42 Å². The fraction of sp³-hybridized carbons (Fsp3) is 0.143. The smallest absolute Gasteiger partial charge is 0.160 e. The van der Waals surface area contributed by atoms with E-state index in [0.29, 0.717) is 0 Å². The summed E-state index contributed by atoms with van der Waals surface area (Å²) in [5.41, 5.74) is -0.150. The van der Waals surface area contributed by atoms with Crippen molar-refractivity contribution >= 4 is 23.2 Å². The molecule has 2 aromatic carbocycles. The summed E-state index contributed by atoms with van der Waals surface area (Å²) < 4.78 is 53.1. The Morgan fingerprint density at radius 1 is 0.900 bits per heavy atom. The second-order valence-electron chi connectivity index (χ2n) is 4.16. The van der Waals surface area contributed by atoms with E-state index < -0.39 is 28.6 Å². The summed E-state index contributed by atoms with van der Waals surface area (Å²) in [5, 5.41) is -1.08. The van der Waals surface area contributed by atoms with Gasteiger partial charge in [-0.25, -0.2) is 17.6 Å². The molecule has 0 bridgehead atoms. The van der Waals surface area contributed by atoms with Gasteiger partial charge < -0.3 is 0 Å². The van der Waals surface area contributed by atoms with E-state index in [2.05, 4.69) is 0 Å². The molecule has 2 aromatic rings. The largest absolute Gasteiger partial charge is 0.207 e. The van der Waals surface area contributed by atoms with Crippen LogP contribution in [0.1, 0.15) is 16.5 Å². The van der Waals surface area contributed by atoms with Crippen molar-refractivity contribution in [3.63, 3.8) is 0 Å². The maximum Gasteiger partial charge on any atom is 0.160 e. The molecular weight excluding hydrogens is 315 g/mol. The molecule has 106 valence electrons. The molecule has 0 saturated heterocycles. The van der Waals surface area contributed by atoms with Crippen LogP contribution in [0.4, 0.5) is 17.6 Å². The number of hydrogen-bond donors (Lipinski definition) is 0. The highest BCUT2D eigenvalue weighted by atomic mass is 35.5. The zero-order chi connectivity index (χ0) is 14.9. The Kier molecular flexibility index (Phi) is 4.55. The molecule has 0 radical (unpaired) electrons. The lowest BCUT2D eigenvalue weighted by atomic mass is 10.0. The molecule has 1 atom stereocenters. The van der Waals surface area contributed by atoms with Gasteiger partial charge in [-0.3, -0.25) is 0 Å². The van der Waals surface area contributed by atoms with Gasteiger partial charge >= 0.3 is 0 Å². The lowest BCUT2D eigenvalue weighted by molar-refractivity contribution is 0.506. The maximum atomic E-state index is 13.5. The molecule has 0 amide bonds. The highest BCUT2D eigenvalue weighted by molar-refractivity contribution is 6.32. The van der Waals surface area contributed by atoms with Crippen LogP contribution < -0.4 is 0 Å². The van der Waals surface area contributed by atoms with Gasteiger partial charge in [0, 0.05) is 10.6 Å². The van der Waals surface area contributed by atoms with Crippen molar-refractivity contribution in [2.75, 3.05) is 0 Å². The number of rotatable bonds is 3. The third-order valence-electron chi connectivity index (χ3n) is 2.82. The standard InChI is InChI=1S/C14H8Cl2F4/c15-9(4-8-11(17)2-1-3-12(8)18)7-5-13(19)14(20)6-10(7)16/h1-3,5-6,9H,4H2. The Balaban J connectivity index is 2.33. The highest BCUT2D eigenvalue weighted by Crippen LogP contribution is 2.33. The Bertz CT molecular complexity index is 623. The average Bonchev–Trinajstić information content (AvgIpc) is 2.38. The number of halogens is 6. The molecule has 20 heavy (non-hydrogen) atoms. The summed E-state index contributed by atoms with van der Waals surface area (Å²) in [6, 6.07) is 5.01. The number of benzene rings is 2. The van der Waals surface area contributed by atoms with Crippen molar-refractivity contribution in [2.45, 2.75) is 11.8 Å². The minimum absolute atomic E-state index is 0.0786. The summed E-state index contributed by atoms with van der Waals surface area (Å²) in [4.78, 5) is 0. The van der Waals surface area contributed by atoms with Crippen molar-refractivity contribution in [3.05, 3.63) is 69.8 Å². The average molecular weight is 323 g/mol. The Morgan fingerprint density at radius 2 is 1.45 bits per heavy atom. The van der Waals surface area contributed by atoms with Crippen molar-refractivity contribution in [1.29, 1.82) is 0 Å².